The molecule has 1 atom stereocenters. The van der Waals surface area contributed by atoms with Gasteiger partial charge in [0.2, 0.25) is 0 Å². The minimum atomic E-state index is -0.831. The van der Waals surface area contributed by atoms with Crippen LogP contribution >= 0.6 is 26.0 Å². The Bertz CT molecular complexity index is 801. The number of hydrogen-bond acceptors (Lipinski definition) is 1. The summed E-state index contributed by atoms with van der Waals surface area (Å²) in [7, 11) is -0.831. The third kappa shape index (κ3) is 3.68. The lowest BCUT2D eigenvalue weighted by Crippen LogP contribution is -2.14. The molecule has 1 aliphatic carbocycles. The first-order valence-electron chi connectivity index (χ1n) is 8.12. The van der Waals surface area contributed by atoms with Crippen molar-refractivity contribution in [1.82, 2.24) is 0 Å². The van der Waals surface area contributed by atoms with Crippen LogP contribution in [0.4, 0.5) is 0 Å². The van der Waals surface area contributed by atoms with Gasteiger partial charge in [0.1, 0.15) is 0 Å². The molecule has 24 heavy (non-hydrogen) atoms. The summed E-state index contributed by atoms with van der Waals surface area (Å²) in [5, 5.41) is 0. The van der Waals surface area contributed by atoms with E-state index in [0.717, 1.165) is 22.0 Å². The van der Waals surface area contributed by atoms with Crippen molar-refractivity contribution in [3.63, 3.8) is 0 Å². The fourth-order valence-electron chi connectivity index (χ4n) is 3.40. The number of allylic oxidation sites excluding steroid dienone is 2. The predicted octanol–water partition coefficient (Wildman–Crippen LogP) is 6.03. The van der Waals surface area contributed by atoms with E-state index in [1.807, 2.05) is 24.3 Å². The van der Waals surface area contributed by atoms with Crippen molar-refractivity contribution in [3.8, 4) is 0 Å². The molecule has 0 spiro atoms. The maximum Gasteiger partial charge on any atom is 0.156 e. The smallest absolute Gasteiger partial charge is 0.156 e. The standard InChI is InChI=1S/C21H23BrOS/c1-24(2,3)21-11-7-5-9-19(21)16-12-15(13-17(23)14-16)18-8-4-6-10-20(18)22/h4-11,13,16H,12,14H2,1-3H3. The molecule has 1 aliphatic rings. The molecule has 1 nitrogen and oxygen atoms in total. The lowest BCUT2D eigenvalue weighted by atomic mass is 9.81. The van der Waals surface area contributed by atoms with E-state index in [2.05, 4.69) is 65.0 Å². The minimum Gasteiger partial charge on any atom is -0.295 e. The second-order valence-corrected chi connectivity index (χ2v) is 12.1. The number of rotatable bonds is 3. The van der Waals surface area contributed by atoms with Gasteiger partial charge >= 0.3 is 0 Å². The maximum absolute atomic E-state index is 12.4. The van der Waals surface area contributed by atoms with E-state index in [1.54, 1.807) is 0 Å². The van der Waals surface area contributed by atoms with Gasteiger partial charge in [-0.25, -0.2) is 10.0 Å². The topological polar surface area (TPSA) is 17.1 Å². The Hall–Kier alpha value is -1.32. The highest BCUT2D eigenvalue weighted by Gasteiger charge is 2.27. The molecular weight excluding hydrogens is 380 g/mol. The van der Waals surface area contributed by atoms with Crippen LogP contribution in [0.3, 0.4) is 0 Å². The van der Waals surface area contributed by atoms with Gasteiger partial charge < -0.3 is 0 Å². The number of halogens is 1. The molecule has 0 amide bonds. The fourth-order valence-corrected chi connectivity index (χ4v) is 5.37. The molecule has 0 bridgehead atoms. The van der Waals surface area contributed by atoms with Crippen LogP contribution in [0.25, 0.3) is 5.57 Å². The van der Waals surface area contributed by atoms with Crippen LogP contribution in [-0.2, 0) is 4.79 Å². The summed E-state index contributed by atoms with van der Waals surface area (Å²) < 4.78 is 1.06. The maximum atomic E-state index is 12.4. The van der Waals surface area contributed by atoms with Gasteiger partial charge in [-0.2, -0.15) is 0 Å². The van der Waals surface area contributed by atoms with E-state index in [0.29, 0.717) is 6.42 Å². The molecule has 126 valence electrons. The normalized spacial score (nSPS) is 19.1. The molecule has 0 heterocycles. The summed E-state index contributed by atoms with van der Waals surface area (Å²) in [5.74, 6) is 0.503. The van der Waals surface area contributed by atoms with Crippen LogP contribution in [-0.4, -0.2) is 24.6 Å². The molecule has 1 unspecified atom stereocenters. The number of benzene rings is 2. The molecule has 0 saturated heterocycles. The highest BCUT2D eigenvalue weighted by atomic mass is 79.9. The molecule has 0 radical (unpaired) electrons. The van der Waals surface area contributed by atoms with Crippen molar-refractivity contribution < 1.29 is 4.79 Å². The summed E-state index contributed by atoms with van der Waals surface area (Å²) >= 11 is 3.63. The summed E-state index contributed by atoms with van der Waals surface area (Å²) in [4.78, 5) is 13.8. The molecule has 0 aliphatic heterocycles. The van der Waals surface area contributed by atoms with Gasteiger partial charge in [-0.3, -0.25) is 4.79 Å². The Kier molecular flexibility index (Phi) is 5.03. The van der Waals surface area contributed by atoms with Gasteiger partial charge in [-0.05, 0) is 70.9 Å². The predicted molar refractivity (Wildman–Crippen MR) is 109 cm³/mol. The van der Waals surface area contributed by atoms with Gasteiger partial charge in [0.15, 0.2) is 5.78 Å². The average molecular weight is 403 g/mol. The second-order valence-electron chi connectivity index (χ2n) is 7.10. The van der Waals surface area contributed by atoms with Crippen molar-refractivity contribution in [2.24, 2.45) is 0 Å². The zero-order valence-corrected chi connectivity index (χ0v) is 16.8. The van der Waals surface area contributed by atoms with E-state index >= 15 is 0 Å². The van der Waals surface area contributed by atoms with E-state index in [1.165, 1.54) is 10.5 Å². The zero-order valence-electron chi connectivity index (χ0n) is 14.4. The first-order chi connectivity index (χ1) is 11.4. The Morgan fingerprint density at radius 2 is 1.62 bits per heavy atom. The number of hydrogen-bond donors (Lipinski definition) is 0. The first kappa shape index (κ1) is 17.5. The largest absolute Gasteiger partial charge is 0.295 e. The molecule has 2 aromatic rings. The zero-order chi connectivity index (χ0) is 17.3. The number of carbonyl (C=O) groups is 1. The van der Waals surface area contributed by atoms with Crippen molar-refractivity contribution in [1.29, 1.82) is 0 Å². The van der Waals surface area contributed by atoms with Crippen LogP contribution in [0.5, 0.6) is 0 Å². The second kappa shape index (κ2) is 6.89. The molecule has 0 saturated carbocycles. The number of carbonyl (C=O) groups excluding carboxylic acids is 1. The highest BCUT2D eigenvalue weighted by molar-refractivity contribution is 9.10. The molecule has 0 fully saturated rings. The van der Waals surface area contributed by atoms with Gasteiger partial charge in [0, 0.05) is 10.9 Å². The quantitative estimate of drug-likeness (QED) is 0.611. The van der Waals surface area contributed by atoms with Crippen molar-refractivity contribution in [3.05, 3.63) is 70.2 Å². The van der Waals surface area contributed by atoms with Crippen molar-refractivity contribution in [2.45, 2.75) is 23.7 Å². The lowest BCUT2D eigenvalue weighted by molar-refractivity contribution is -0.115. The molecule has 3 heteroatoms. The number of ketones is 1. The molecule has 2 aromatic carbocycles. The average Bonchev–Trinajstić information content (AvgIpc) is 2.54. The van der Waals surface area contributed by atoms with Crippen LogP contribution in [0, 0.1) is 0 Å². The Labute approximate surface area is 154 Å². The highest BCUT2D eigenvalue weighted by Crippen LogP contribution is 2.51. The summed E-state index contributed by atoms with van der Waals surface area (Å²) in [6, 6.07) is 16.8. The van der Waals surface area contributed by atoms with E-state index in [4.69, 9.17) is 0 Å². The molecule has 0 aromatic heterocycles. The summed E-state index contributed by atoms with van der Waals surface area (Å²) in [5.41, 5.74) is 3.63. The molecular formula is C21H23BrOS. The van der Waals surface area contributed by atoms with E-state index in [-0.39, 0.29) is 11.7 Å². The fraction of sp³-hybridized carbons (Fsp3) is 0.286. The summed E-state index contributed by atoms with van der Waals surface area (Å²) in [6.07, 6.45) is 10.3. The monoisotopic (exact) mass is 402 g/mol. The van der Waals surface area contributed by atoms with Crippen LogP contribution in [0.2, 0.25) is 0 Å². The minimum absolute atomic E-state index is 0.232. The Balaban J connectivity index is 2.00. The van der Waals surface area contributed by atoms with Crippen molar-refractivity contribution in [2.75, 3.05) is 18.8 Å². The third-order valence-electron chi connectivity index (χ3n) is 4.49. The Morgan fingerprint density at radius 3 is 2.33 bits per heavy atom. The third-order valence-corrected chi connectivity index (χ3v) is 6.87. The van der Waals surface area contributed by atoms with E-state index < -0.39 is 10.0 Å². The van der Waals surface area contributed by atoms with E-state index in [9.17, 15) is 4.79 Å². The summed E-state index contributed by atoms with van der Waals surface area (Å²) in [6.45, 7) is 0. The van der Waals surface area contributed by atoms with Gasteiger partial charge in [-0.1, -0.05) is 52.3 Å². The van der Waals surface area contributed by atoms with Crippen LogP contribution in [0.1, 0.15) is 29.9 Å². The van der Waals surface area contributed by atoms with Crippen LogP contribution in [0.15, 0.2) is 64.0 Å². The van der Waals surface area contributed by atoms with Crippen LogP contribution < -0.4 is 0 Å². The van der Waals surface area contributed by atoms with Gasteiger partial charge in [0.05, 0.1) is 0 Å². The van der Waals surface area contributed by atoms with Gasteiger partial charge in [0.25, 0.3) is 0 Å². The first-order valence-corrected chi connectivity index (χ1v) is 11.8. The molecule has 0 N–H and O–H groups in total. The lowest BCUT2D eigenvalue weighted by Gasteiger charge is -2.33. The Morgan fingerprint density at radius 1 is 0.958 bits per heavy atom. The van der Waals surface area contributed by atoms with Gasteiger partial charge in [-0.15, -0.1) is 0 Å². The molecule has 3 rings (SSSR count). The SMILES string of the molecule is CS(C)(C)c1ccccc1C1CC(=O)C=C(c2ccccc2Br)C1. The van der Waals surface area contributed by atoms with Crippen molar-refractivity contribution >= 4 is 37.3 Å².